The molecule has 12 heavy (non-hydrogen) atoms. The van der Waals surface area contributed by atoms with E-state index in [0.29, 0.717) is 0 Å². The van der Waals surface area contributed by atoms with Gasteiger partial charge < -0.3 is 5.11 Å². The standard InChI is InChI=1S/C7H15ClO3S/c1-7(2,3)5(9)6(8)12(4,10)11/h5-6,9H,1-4H3/t5-,6-/m1/s1. The van der Waals surface area contributed by atoms with Crippen molar-refractivity contribution >= 4 is 21.4 Å². The van der Waals surface area contributed by atoms with Crippen molar-refractivity contribution in [1.29, 1.82) is 0 Å². The van der Waals surface area contributed by atoms with Crippen molar-refractivity contribution in [2.45, 2.75) is 31.6 Å². The van der Waals surface area contributed by atoms with Gasteiger partial charge in [-0.15, -0.1) is 11.6 Å². The van der Waals surface area contributed by atoms with E-state index in [1.807, 2.05) is 0 Å². The average Bonchev–Trinajstić information content (AvgIpc) is 1.80. The molecule has 0 heterocycles. The van der Waals surface area contributed by atoms with Crippen LogP contribution in [0, 0.1) is 5.41 Å². The van der Waals surface area contributed by atoms with Crippen LogP contribution in [0.2, 0.25) is 0 Å². The molecule has 0 unspecified atom stereocenters. The smallest absolute Gasteiger partial charge is 0.166 e. The minimum absolute atomic E-state index is 0.518. The minimum atomic E-state index is -3.37. The van der Waals surface area contributed by atoms with Crippen molar-refractivity contribution in [3.63, 3.8) is 0 Å². The van der Waals surface area contributed by atoms with Gasteiger partial charge in [0.2, 0.25) is 0 Å². The Labute approximate surface area is 78.7 Å². The molecule has 3 nitrogen and oxygen atoms in total. The lowest BCUT2D eigenvalue weighted by Crippen LogP contribution is -2.38. The summed E-state index contributed by atoms with van der Waals surface area (Å²) in [6.45, 7) is 5.20. The van der Waals surface area contributed by atoms with Gasteiger partial charge in [0.15, 0.2) is 14.5 Å². The molecule has 0 amide bonds. The van der Waals surface area contributed by atoms with Gasteiger partial charge in [0.1, 0.15) is 0 Å². The molecule has 0 fully saturated rings. The molecule has 0 bridgehead atoms. The number of aliphatic hydroxyl groups excluding tert-OH is 1. The zero-order valence-corrected chi connectivity index (χ0v) is 9.28. The normalized spacial score (nSPS) is 18.8. The molecule has 0 aromatic heterocycles. The summed E-state index contributed by atoms with van der Waals surface area (Å²) in [7, 11) is -3.37. The van der Waals surface area contributed by atoms with Crippen molar-refractivity contribution in [3.8, 4) is 0 Å². The highest BCUT2D eigenvalue weighted by molar-refractivity contribution is 7.92. The molecule has 0 aromatic carbocycles. The van der Waals surface area contributed by atoms with Crippen LogP contribution in [0.15, 0.2) is 0 Å². The zero-order chi connectivity index (χ0) is 10.2. The summed E-state index contributed by atoms with van der Waals surface area (Å²) >= 11 is 5.55. The van der Waals surface area contributed by atoms with E-state index in [0.717, 1.165) is 6.26 Å². The summed E-state index contributed by atoms with van der Waals surface area (Å²) in [5.74, 6) is 0. The van der Waals surface area contributed by atoms with Gasteiger partial charge >= 0.3 is 0 Å². The Morgan fingerprint density at radius 2 is 1.67 bits per heavy atom. The number of hydrogen-bond acceptors (Lipinski definition) is 3. The summed E-state index contributed by atoms with van der Waals surface area (Å²) in [5, 5.41) is 9.48. The quantitative estimate of drug-likeness (QED) is 0.698. The van der Waals surface area contributed by atoms with E-state index in [9.17, 15) is 13.5 Å². The van der Waals surface area contributed by atoms with E-state index in [2.05, 4.69) is 0 Å². The van der Waals surface area contributed by atoms with E-state index in [1.165, 1.54) is 0 Å². The van der Waals surface area contributed by atoms with Crippen molar-refractivity contribution in [1.82, 2.24) is 0 Å². The predicted octanol–water partition coefficient (Wildman–Crippen LogP) is 1.00. The van der Waals surface area contributed by atoms with Crippen LogP contribution < -0.4 is 0 Å². The first kappa shape index (κ1) is 12.2. The van der Waals surface area contributed by atoms with Crippen molar-refractivity contribution in [2.75, 3.05) is 6.26 Å². The lowest BCUT2D eigenvalue weighted by molar-refractivity contribution is 0.0747. The Morgan fingerprint density at radius 1 is 1.33 bits per heavy atom. The third kappa shape index (κ3) is 3.29. The fourth-order valence-electron chi connectivity index (χ4n) is 0.627. The third-order valence-electron chi connectivity index (χ3n) is 1.54. The summed E-state index contributed by atoms with van der Waals surface area (Å²) in [5.41, 5.74) is -0.518. The fourth-order valence-corrected chi connectivity index (χ4v) is 1.88. The van der Waals surface area contributed by atoms with Crippen LogP contribution in [-0.4, -0.2) is 30.6 Å². The Kier molecular flexibility index (Phi) is 3.58. The maximum absolute atomic E-state index is 10.9. The van der Waals surface area contributed by atoms with Gasteiger partial charge in [-0.3, -0.25) is 0 Å². The van der Waals surface area contributed by atoms with Gasteiger partial charge in [0.25, 0.3) is 0 Å². The molecule has 0 saturated heterocycles. The predicted molar refractivity (Wildman–Crippen MR) is 49.9 cm³/mol. The molecule has 0 saturated carbocycles. The van der Waals surface area contributed by atoms with E-state index >= 15 is 0 Å². The molecule has 2 atom stereocenters. The number of aliphatic hydroxyl groups is 1. The van der Waals surface area contributed by atoms with Crippen LogP contribution in [0.4, 0.5) is 0 Å². The zero-order valence-electron chi connectivity index (χ0n) is 7.70. The molecule has 0 aliphatic rings. The van der Waals surface area contributed by atoms with Crippen LogP contribution in [0.3, 0.4) is 0 Å². The topological polar surface area (TPSA) is 54.4 Å². The Balaban J connectivity index is 4.64. The summed E-state index contributed by atoms with van der Waals surface area (Å²) in [4.78, 5) is 0. The molecule has 0 aliphatic heterocycles. The maximum atomic E-state index is 10.9. The number of hydrogen-bond donors (Lipinski definition) is 1. The Hall–Kier alpha value is 0.200. The first-order chi connectivity index (χ1) is 5.07. The van der Waals surface area contributed by atoms with Crippen LogP contribution >= 0.6 is 11.6 Å². The van der Waals surface area contributed by atoms with Gasteiger partial charge in [-0.1, -0.05) is 20.8 Å². The van der Waals surface area contributed by atoms with Gasteiger partial charge in [0.05, 0.1) is 6.10 Å². The molecule has 5 heteroatoms. The lowest BCUT2D eigenvalue weighted by atomic mass is 9.90. The molecular weight excluding hydrogens is 200 g/mol. The van der Waals surface area contributed by atoms with Gasteiger partial charge in [0, 0.05) is 6.26 Å². The third-order valence-corrected chi connectivity index (χ3v) is 3.83. The summed E-state index contributed by atoms with van der Waals surface area (Å²) < 4.78 is 20.6. The first-order valence-electron chi connectivity index (χ1n) is 3.58. The highest BCUT2D eigenvalue weighted by Gasteiger charge is 2.35. The number of sulfone groups is 1. The largest absolute Gasteiger partial charge is 0.390 e. The van der Waals surface area contributed by atoms with E-state index in [-0.39, 0.29) is 0 Å². The van der Waals surface area contributed by atoms with Crippen molar-refractivity contribution in [3.05, 3.63) is 0 Å². The molecule has 1 N–H and O–H groups in total. The van der Waals surface area contributed by atoms with Gasteiger partial charge in [-0.25, -0.2) is 8.42 Å². The van der Waals surface area contributed by atoms with Crippen LogP contribution in [0.1, 0.15) is 20.8 Å². The van der Waals surface area contributed by atoms with Gasteiger partial charge in [-0.05, 0) is 5.41 Å². The SMILES string of the molecule is CC(C)(C)[C@H](O)[C@H](Cl)S(C)(=O)=O. The first-order valence-corrected chi connectivity index (χ1v) is 5.97. The second kappa shape index (κ2) is 3.52. The molecule has 0 spiro atoms. The second-order valence-electron chi connectivity index (χ2n) is 3.99. The van der Waals surface area contributed by atoms with E-state index in [4.69, 9.17) is 11.6 Å². The van der Waals surface area contributed by atoms with Gasteiger partial charge in [-0.2, -0.15) is 0 Å². The molecule has 0 aromatic rings. The summed E-state index contributed by atoms with van der Waals surface area (Å²) in [6, 6.07) is 0. The average molecular weight is 215 g/mol. The minimum Gasteiger partial charge on any atom is -0.390 e. The Morgan fingerprint density at radius 3 is 1.75 bits per heavy atom. The molecule has 0 aliphatic carbocycles. The molecule has 74 valence electrons. The highest BCUT2D eigenvalue weighted by atomic mass is 35.5. The lowest BCUT2D eigenvalue weighted by Gasteiger charge is -2.28. The Bertz CT molecular complexity index is 240. The highest BCUT2D eigenvalue weighted by Crippen LogP contribution is 2.26. The van der Waals surface area contributed by atoms with Crippen LogP contribution in [-0.2, 0) is 9.84 Å². The van der Waals surface area contributed by atoms with Crippen molar-refractivity contribution in [2.24, 2.45) is 5.41 Å². The number of halogens is 1. The molecule has 0 radical (unpaired) electrons. The van der Waals surface area contributed by atoms with Crippen LogP contribution in [0.25, 0.3) is 0 Å². The summed E-state index contributed by atoms with van der Waals surface area (Å²) in [6.07, 6.45) is -0.0335. The molecular formula is C7H15ClO3S. The maximum Gasteiger partial charge on any atom is 0.166 e. The fraction of sp³-hybridized carbons (Fsp3) is 1.00. The van der Waals surface area contributed by atoms with E-state index in [1.54, 1.807) is 20.8 Å². The number of rotatable bonds is 2. The van der Waals surface area contributed by atoms with E-state index < -0.39 is 26.1 Å². The molecule has 0 rings (SSSR count). The monoisotopic (exact) mass is 214 g/mol. The van der Waals surface area contributed by atoms with Crippen LogP contribution in [0.5, 0.6) is 0 Å². The second-order valence-corrected chi connectivity index (χ2v) is 6.89. The number of alkyl halides is 1. The van der Waals surface area contributed by atoms with Crippen molar-refractivity contribution < 1.29 is 13.5 Å².